The summed E-state index contributed by atoms with van der Waals surface area (Å²) in [6.07, 6.45) is 3.37. The number of nitrogens with one attached hydrogen (secondary N) is 1. The van der Waals surface area contributed by atoms with Crippen molar-refractivity contribution < 1.29 is 8.42 Å². The number of halogens is 1. The van der Waals surface area contributed by atoms with Crippen LogP contribution < -0.4 is 10.5 Å². The molecule has 5 nitrogen and oxygen atoms in total. The van der Waals surface area contributed by atoms with Crippen molar-refractivity contribution >= 4 is 31.6 Å². The summed E-state index contributed by atoms with van der Waals surface area (Å²) in [6.45, 7) is 3.53. The Bertz CT molecular complexity index is 658. The molecule has 1 saturated carbocycles. The summed E-state index contributed by atoms with van der Waals surface area (Å²) < 4.78 is 28.7. The highest BCUT2D eigenvalue weighted by molar-refractivity contribution is 9.10. The fourth-order valence-electron chi connectivity index (χ4n) is 2.89. The largest absolute Gasteiger partial charge is 0.398 e. The summed E-state index contributed by atoms with van der Waals surface area (Å²) in [4.78, 5) is 2.65. The normalized spacial score (nSPS) is 23.6. The van der Waals surface area contributed by atoms with Crippen LogP contribution in [0.5, 0.6) is 0 Å². The summed E-state index contributed by atoms with van der Waals surface area (Å²) in [5, 5.41) is 0. The van der Waals surface area contributed by atoms with Gasteiger partial charge in [-0.3, -0.25) is 4.90 Å². The topological polar surface area (TPSA) is 75.4 Å². The Hall–Kier alpha value is -0.630. The molecule has 0 radical (unpaired) electrons. The number of sulfonamides is 1. The van der Waals surface area contributed by atoms with Crippen molar-refractivity contribution in [2.45, 2.75) is 43.2 Å². The highest BCUT2D eigenvalue weighted by Gasteiger charge is 2.36. The van der Waals surface area contributed by atoms with Gasteiger partial charge in [0.2, 0.25) is 10.0 Å². The lowest BCUT2D eigenvalue weighted by atomic mass is 10.2. The molecule has 2 aliphatic rings. The van der Waals surface area contributed by atoms with Gasteiger partial charge >= 0.3 is 0 Å². The third kappa shape index (κ3) is 3.26. The number of rotatable bonds is 4. The molecule has 0 aromatic heterocycles. The molecule has 0 amide bonds. The molecule has 0 bridgehead atoms. The Morgan fingerprint density at radius 1 is 1.33 bits per heavy atom. The van der Waals surface area contributed by atoms with Crippen molar-refractivity contribution in [3.63, 3.8) is 0 Å². The highest BCUT2D eigenvalue weighted by Crippen LogP contribution is 2.31. The van der Waals surface area contributed by atoms with Crippen LogP contribution in [0.1, 0.15) is 24.8 Å². The molecule has 1 aliphatic carbocycles. The molecule has 1 aliphatic heterocycles. The number of nitrogen functional groups attached to an aromatic ring is 1. The number of hydrogen-bond acceptors (Lipinski definition) is 4. The maximum Gasteiger partial charge on any atom is 0.241 e. The summed E-state index contributed by atoms with van der Waals surface area (Å²) in [6, 6.07) is 4.01. The van der Waals surface area contributed by atoms with Crippen LogP contribution in [0.4, 0.5) is 5.69 Å². The van der Waals surface area contributed by atoms with Gasteiger partial charge in [0.25, 0.3) is 0 Å². The van der Waals surface area contributed by atoms with E-state index in [1.54, 1.807) is 19.1 Å². The van der Waals surface area contributed by atoms with Gasteiger partial charge in [-0.1, -0.05) is 15.9 Å². The van der Waals surface area contributed by atoms with Crippen molar-refractivity contribution in [1.29, 1.82) is 0 Å². The minimum Gasteiger partial charge on any atom is -0.398 e. The molecule has 0 spiro atoms. The third-order valence-electron chi connectivity index (χ3n) is 4.26. The van der Waals surface area contributed by atoms with E-state index >= 15 is 0 Å². The second-order valence-corrected chi connectivity index (χ2v) is 8.55. The van der Waals surface area contributed by atoms with Gasteiger partial charge in [0.1, 0.15) is 0 Å². The lowest BCUT2D eigenvalue weighted by Gasteiger charge is -2.17. The van der Waals surface area contributed by atoms with E-state index in [2.05, 4.69) is 25.6 Å². The molecular formula is C14H20BrN3O2S. The van der Waals surface area contributed by atoms with Crippen LogP contribution in [0.25, 0.3) is 0 Å². The first-order chi connectivity index (χ1) is 9.87. The van der Waals surface area contributed by atoms with E-state index in [4.69, 9.17) is 5.73 Å². The summed E-state index contributed by atoms with van der Waals surface area (Å²) in [5.41, 5.74) is 6.95. The predicted octanol–water partition coefficient (Wildman–Crippen LogP) is 1.85. The average Bonchev–Trinajstić information content (AvgIpc) is 3.15. The van der Waals surface area contributed by atoms with Crippen molar-refractivity contribution in [2.75, 3.05) is 18.8 Å². The van der Waals surface area contributed by atoms with Crippen molar-refractivity contribution in [3.05, 3.63) is 22.2 Å². The van der Waals surface area contributed by atoms with Gasteiger partial charge in [0, 0.05) is 35.3 Å². The van der Waals surface area contributed by atoms with Crippen molar-refractivity contribution in [2.24, 2.45) is 0 Å². The van der Waals surface area contributed by atoms with E-state index in [1.165, 1.54) is 12.8 Å². The van der Waals surface area contributed by atoms with E-state index in [0.29, 0.717) is 21.8 Å². The van der Waals surface area contributed by atoms with Crippen molar-refractivity contribution in [3.8, 4) is 0 Å². The lowest BCUT2D eigenvalue weighted by Crippen LogP contribution is -2.37. The molecule has 21 heavy (non-hydrogen) atoms. The zero-order chi connectivity index (χ0) is 15.2. The third-order valence-corrected chi connectivity index (χ3v) is 6.36. The SMILES string of the molecule is Cc1c(N)cc(Br)cc1S(=O)(=O)NC1CCN(C2CC2)C1. The maximum absolute atomic E-state index is 12.6. The Labute approximate surface area is 134 Å². The quantitative estimate of drug-likeness (QED) is 0.789. The van der Waals surface area contributed by atoms with Gasteiger partial charge in [0.05, 0.1) is 4.90 Å². The first kappa shape index (κ1) is 15.3. The zero-order valence-corrected chi connectivity index (χ0v) is 14.4. The molecule has 1 saturated heterocycles. The minimum absolute atomic E-state index is 0.00444. The highest BCUT2D eigenvalue weighted by atomic mass is 79.9. The molecule has 1 unspecified atom stereocenters. The van der Waals surface area contributed by atoms with Gasteiger partial charge < -0.3 is 5.73 Å². The first-order valence-corrected chi connectivity index (χ1v) is 9.46. The fourth-order valence-corrected chi connectivity index (χ4v) is 5.08. The van der Waals surface area contributed by atoms with Crippen LogP contribution in [-0.2, 0) is 10.0 Å². The Balaban J connectivity index is 1.78. The summed E-state index contributed by atoms with van der Waals surface area (Å²) in [7, 11) is -3.53. The molecule has 1 heterocycles. The van der Waals surface area contributed by atoms with E-state index < -0.39 is 10.0 Å². The first-order valence-electron chi connectivity index (χ1n) is 7.19. The monoisotopic (exact) mass is 373 g/mol. The van der Waals surface area contributed by atoms with E-state index in [9.17, 15) is 8.42 Å². The number of nitrogens with zero attached hydrogens (tertiary/aromatic N) is 1. The number of benzene rings is 1. The summed E-state index contributed by atoms with van der Waals surface area (Å²) >= 11 is 3.31. The molecule has 2 fully saturated rings. The smallest absolute Gasteiger partial charge is 0.241 e. The Kier molecular flexibility index (Phi) is 4.02. The molecule has 116 valence electrons. The molecule has 1 atom stereocenters. The fraction of sp³-hybridized carbons (Fsp3) is 0.571. The standard InChI is InChI=1S/C14H20BrN3O2S/c1-9-13(16)6-10(15)7-14(9)21(19,20)17-11-4-5-18(8-11)12-2-3-12/h6-7,11-12,17H,2-5,8,16H2,1H3. The van der Waals surface area contributed by atoms with Crippen LogP contribution in [0.2, 0.25) is 0 Å². The van der Waals surface area contributed by atoms with E-state index in [-0.39, 0.29) is 10.9 Å². The van der Waals surface area contributed by atoms with Crippen molar-refractivity contribution in [1.82, 2.24) is 9.62 Å². The minimum atomic E-state index is -3.53. The molecule has 1 aromatic rings. The molecule has 7 heteroatoms. The van der Waals surface area contributed by atoms with Crippen LogP contribution in [0.15, 0.2) is 21.5 Å². The van der Waals surface area contributed by atoms with E-state index in [0.717, 1.165) is 19.5 Å². The second-order valence-electron chi connectivity index (χ2n) is 5.95. The maximum atomic E-state index is 12.6. The van der Waals surface area contributed by atoms with Gasteiger partial charge in [-0.25, -0.2) is 13.1 Å². The number of likely N-dealkylation sites (tertiary alicyclic amines) is 1. The van der Waals surface area contributed by atoms with Crippen LogP contribution in [-0.4, -0.2) is 38.5 Å². The van der Waals surface area contributed by atoms with Crippen LogP contribution >= 0.6 is 15.9 Å². The zero-order valence-electron chi connectivity index (χ0n) is 12.0. The Morgan fingerprint density at radius 2 is 2.05 bits per heavy atom. The number of anilines is 1. The Morgan fingerprint density at radius 3 is 2.71 bits per heavy atom. The lowest BCUT2D eigenvalue weighted by molar-refractivity contribution is 0.322. The van der Waals surface area contributed by atoms with Gasteiger partial charge in [-0.2, -0.15) is 0 Å². The van der Waals surface area contributed by atoms with Gasteiger partial charge in [0.15, 0.2) is 0 Å². The molecule has 3 rings (SSSR count). The van der Waals surface area contributed by atoms with Crippen LogP contribution in [0, 0.1) is 6.92 Å². The summed E-state index contributed by atoms with van der Waals surface area (Å²) in [5.74, 6) is 0. The van der Waals surface area contributed by atoms with Gasteiger partial charge in [-0.15, -0.1) is 0 Å². The predicted molar refractivity (Wildman–Crippen MR) is 86.6 cm³/mol. The average molecular weight is 374 g/mol. The van der Waals surface area contributed by atoms with Crippen LogP contribution in [0.3, 0.4) is 0 Å². The molecule has 3 N–H and O–H groups in total. The molecule has 1 aromatic carbocycles. The number of hydrogen-bond donors (Lipinski definition) is 2. The van der Waals surface area contributed by atoms with E-state index in [1.807, 2.05) is 0 Å². The second kappa shape index (κ2) is 5.53. The molecular weight excluding hydrogens is 354 g/mol. The number of nitrogens with two attached hydrogens (primary N) is 1. The van der Waals surface area contributed by atoms with Gasteiger partial charge in [-0.05, 0) is 43.9 Å².